The van der Waals surface area contributed by atoms with E-state index >= 15 is 0 Å². The zero-order chi connectivity index (χ0) is 17.6. The van der Waals surface area contributed by atoms with Gasteiger partial charge in [-0.3, -0.25) is 4.79 Å². The highest BCUT2D eigenvalue weighted by atomic mass is 35.5. The molecule has 1 aliphatic rings. The van der Waals surface area contributed by atoms with Gasteiger partial charge in [-0.2, -0.15) is 0 Å². The van der Waals surface area contributed by atoms with Crippen LogP contribution in [0.5, 0.6) is 0 Å². The monoisotopic (exact) mass is 379 g/mol. The van der Waals surface area contributed by atoms with Crippen LogP contribution >= 0.6 is 22.9 Å². The molecule has 128 valence electrons. The number of hydrogen-bond acceptors (Lipinski definition) is 5. The number of ketones is 1. The zero-order valence-corrected chi connectivity index (χ0v) is 14.5. The highest BCUT2D eigenvalue weighted by Crippen LogP contribution is 2.34. The number of carbonyl (C=O) groups excluding carboxylic acids is 1. The summed E-state index contributed by atoms with van der Waals surface area (Å²) in [5.41, 5.74) is 0.626. The van der Waals surface area contributed by atoms with Crippen LogP contribution in [-0.4, -0.2) is 28.8 Å². The Bertz CT molecular complexity index is 981. The number of rotatable bonds is 2. The molecule has 1 saturated heterocycles. The van der Waals surface area contributed by atoms with E-state index in [0.717, 1.165) is 16.8 Å². The second-order valence-electron chi connectivity index (χ2n) is 5.78. The van der Waals surface area contributed by atoms with Gasteiger partial charge in [0, 0.05) is 25.9 Å². The number of thiophene rings is 1. The molecular formula is C17H12ClF2N3OS. The summed E-state index contributed by atoms with van der Waals surface area (Å²) in [5.74, 6) is -0.431. The van der Waals surface area contributed by atoms with E-state index in [1.165, 1.54) is 11.3 Å². The van der Waals surface area contributed by atoms with Gasteiger partial charge >= 0.3 is 0 Å². The molecule has 0 atom stereocenters. The van der Waals surface area contributed by atoms with Crippen LogP contribution < -0.4 is 4.90 Å². The molecule has 0 aliphatic carbocycles. The summed E-state index contributed by atoms with van der Waals surface area (Å²) < 4.78 is 28.9. The number of halogens is 3. The number of nitrogens with zero attached hydrogens (tertiary/aromatic N) is 3. The first kappa shape index (κ1) is 16.4. The molecule has 1 aliphatic heterocycles. The lowest BCUT2D eigenvalue weighted by atomic mass is 10.1. The van der Waals surface area contributed by atoms with Crippen molar-refractivity contribution in [3.63, 3.8) is 0 Å². The van der Waals surface area contributed by atoms with Gasteiger partial charge in [0.25, 0.3) is 0 Å². The number of fused-ring (bicyclic) bond motifs is 1. The number of anilines is 1. The molecule has 25 heavy (non-hydrogen) atoms. The topological polar surface area (TPSA) is 46.1 Å². The molecule has 8 heteroatoms. The van der Waals surface area contributed by atoms with Crippen molar-refractivity contribution in [1.82, 2.24) is 9.97 Å². The Morgan fingerprint density at radius 3 is 2.64 bits per heavy atom. The van der Waals surface area contributed by atoms with Crippen LogP contribution in [-0.2, 0) is 4.79 Å². The predicted molar refractivity (Wildman–Crippen MR) is 94.2 cm³/mol. The molecule has 3 aromatic rings. The molecule has 0 radical (unpaired) electrons. The summed E-state index contributed by atoms with van der Waals surface area (Å²) in [6.45, 7) is 1.11. The highest BCUT2D eigenvalue weighted by molar-refractivity contribution is 7.17. The molecule has 0 N–H and O–H groups in total. The summed E-state index contributed by atoms with van der Waals surface area (Å²) in [5, 5.41) is 1.59. The lowest BCUT2D eigenvalue weighted by Crippen LogP contribution is -2.34. The predicted octanol–water partition coefficient (Wildman–Crippen LogP) is 4.46. The van der Waals surface area contributed by atoms with Crippen molar-refractivity contribution in [2.45, 2.75) is 12.8 Å². The van der Waals surface area contributed by atoms with Gasteiger partial charge in [0.2, 0.25) is 0 Å². The third kappa shape index (κ3) is 2.98. The maximum atomic E-state index is 14.3. The van der Waals surface area contributed by atoms with E-state index in [1.54, 1.807) is 0 Å². The first-order valence-electron chi connectivity index (χ1n) is 7.70. The smallest absolute Gasteiger partial charge is 0.165 e. The van der Waals surface area contributed by atoms with Crippen LogP contribution in [0.4, 0.5) is 14.6 Å². The maximum absolute atomic E-state index is 14.3. The van der Waals surface area contributed by atoms with Crippen LogP contribution in [0, 0.1) is 11.6 Å². The lowest BCUT2D eigenvalue weighted by molar-refractivity contribution is -0.119. The third-order valence-corrected chi connectivity index (χ3v) is 5.35. The second-order valence-corrected chi connectivity index (χ2v) is 7.10. The normalized spacial score (nSPS) is 15.2. The quantitative estimate of drug-likeness (QED) is 0.617. The average molecular weight is 380 g/mol. The minimum absolute atomic E-state index is 0.0377. The Morgan fingerprint density at radius 1 is 1.12 bits per heavy atom. The highest BCUT2D eigenvalue weighted by Gasteiger charge is 2.22. The largest absolute Gasteiger partial charge is 0.354 e. The number of hydrogen-bond donors (Lipinski definition) is 0. The van der Waals surface area contributed by atoms with Crippen LogP contribution in [0.1, 0.15) is 12.8 Å². The molecule has 2 aromatic heterocycles. The first-order chi connectivity index (χ1) is 12.0. The lowest BCUT2D eigenvalue weighted by Gasteiger charge is -2.27. The van der Waals surface area contributed by atoms with E-state index in [0.29, 0.717) is 37.3 Å². The first-order valence-corrected chi connectivity index (χ1v) is 8.95. The minimum Gasteiger partial charge on any atom is -0.354 e. The molecule has 1 aromatic carbocycles. The summed E-state index contributed by atoms with van der Waals surface area (Å²) in [7, 11) is 0. The SMILES string of the molecule is O=C1CCN(c2nc(-c3cc(F)c(Cl)cc3F)nc3ccsc23)CC1. The van der Waals surface area contributed by atoms with Crippen molar-refractivity contribution in [3.8, 4) is 11.4 Å². The van der Waals surface area contributed by atoms with E-state index in [4.69, 9.17) is 11.6 Å². The van der Waals surface area contributed by atoms with Crippen molar-refractivity contribution >= 4 is 44.8 Å². The van der Waals surface area contributed by atoms with Crippen molar-refractivity contribution in [1.29, 1.82) is 0 Å². The Balaban J connectivity index is 1.86. The fraction of sp³-hybridized carbons (Fsp3) is 0.235. The average Bonchev–Trinajstić information content (AvgIpc) is 3.06. The van der Waals surface area contributed by atoms with E-state index in [-0.39, 0.29) is 22.2 Å². The van der Waals surface area contributed by atoms with Crippen molar-refractivity contribution < 1.29 is 13.6 Å². The summed E-state index contributed by atoms with van der Waals surface area (Å²) in [4.78, 5) is 22.3. The summed E-state index contributed by atoms with van der Waals surface area (Å²) in [6, 6.07) is 3.75. The molecule has 0 unspecified atom stereocenters. The van der Waals surface area contributed by atoms with Gasteiger partial charge in [-0.15, -0.1) is 11.3 Å². The molecule has 3 heterocycles. The number of Topliss-reactive ketones (excluding diaryl/α,β-unsaturated/α-hetero) is 1. The van der Waals surface area contributed by atoms with Gasteiger partial charge in [-0.1, -0.05) is 11.6 Å². The molecule has 1 fully saturated rings. The number of benzene rings is 1. The Labute approximate surface area is 151 Å². The number of carbonyl (C=O) groups is 1. The molecule has 4 rings (SSSR count). The Hall–Kier alpha value is -2.12. The van der Waals surface area contributed by atoms with Gasteiger partial charge in [0.1, 0.15) is 17.4 Å². The van der Waals surface area contributed by atoms with Crippen LogP contribution in [0.25, 0.3) is 21.6 Å². The summed E-state index contributed by atoms with van der Waals surface area (Å²) in [6.07, 6.45) is 0.909. The maximum Gasteiger partial charge on any atom is 0.165 e. The fourth-order valence-electron chi connectivity index (χ4n) is 2.84. The van der Waals surface area contributed by atoms with Crippen LogP contribution in [0.3, 0.4) is 0 Å². The molecule has 0 spiro atoms. The zero-order valence-electron chi connectivity index (χ0n) is 12.9. The Morgan fingerprint density at radius 2 is 1.88 bits per heavy atom. The van der Waals surface area contributed by atoms with E-state index < -0.39 is 11.6 Å². The second kappa shape index (κ2) is 6.31. The standard InChI is InChI=1S/C17H12ClF2N3OS/c18-11-8-12(19)10(7-13(11)20)16-21-14-3-6-25-15(14)17(22-16)23-4-1-9(24)2-5-23/h3,6-8H,1-2,4-5H2. The van der Waals surface area contributed by atoms with Gasteiger partial charge < -0.3 is 4.90 Å². The Kier molecular flexibility index (Phi) is 4.13. The molecular weight excluding hydrogens is 368 g/mol. The minimum atomic E-state index is -0.725. The molecule has 4 nitrogen and oxygen atoms in total. The molecule has 0 amide bonds. The number of piperidine rings is 1. The van der Waals surface area contributed by atoms with Gasteiger partial charge in [-0.05, 0) is 23.6 Å². The van der Waals surface area contributed by atoms with Gasteiger partial charge in [-0.25, -0.2) is 18.7 Å². The fourth-order valence-corrected chi connectivity index (χ4v) is 3.84. The van der Waals surface area contributed by atoms with Crippen molar-refractivity contribution in [2.24, 2.45) is 0 Å². The van der Waals surface area contributed by atoms with E-state index in [9.17, 15) is 13.6 Å². The third-order valence-electron chi connectivity index (χ3n) is 4.16. The van der Waals surface area contributed by atoms with E-state index in [2.05, 4.69) is 9.97 Å². The van der Waals surface area contributed by atoms with Crippen LogP contribution in [0.2, 0.25) is 5.02 Å². The van der Waals surface area contributed by atoms with Crippen molar-refractivity contribution in [2.75, 3.05) is 18.0 Å². The number of aromatic nitrogens is 2. The van der Waals surface area contributed by atoms with Gasteiger partial charge in [0.15, 0.2) is 11.6 Å². The summed E-state index contributed by atoms with van der Waals surface area (Å²) >= 11 is 7.10. The van der Waals surface area contributed by atoms with Crippen LogP contribution in [0.15, 0.2) is 23.6 Å². The van der Waals surface area contributed by atoms with Crippen molar-refractivity contribution in [3.05, 3.63) is 40.2 Å². The molecule has 0 saturated carbocycles. The molecule has 0 bridgehead atoms. The van der Waals surface area contributed by atoms with E-state index in [1.807, 2.05) is 16.3 Å². The van der Waals surface area contributed by atoms with Gasteiger partial charge in [0.05, 0.1) is 20.8 Å².